The Kier molecular flexibility index (Phi) is 5.86. The van der Waals surface area contributed by atoms with Crippen molar-refractivity contribution in [3.05, 3.63) is 22.5 Å². The number of carbonyl (C=O) groups is 1. The summed E-state index contributed by atoms with van der Waals surface area (Å²) in [5, 5.41) is 19.7. The second kappa shape index (κ2) is 7.47. The molecular weight excluding hydrogens is 342 g/mol. The van der Waals surface area contributed by atoms with Gasteiger partial charge in [0.1, 0.15) is 6.07 Å². The number of pyridine rings is 1. The molecule has 1 aliphatic rings. The molecule has 1 atom stereocenters. The van der Waals surface area contributed by atoms with Crippen LogP contribution >= 0.6 is 0 Å². The minimum atomic E-state index is -1.17. The Labute approximate surface area is 162 Å². The molecular formula is C21H31N3O3. The number of aliphatic carboxylic acids is 1. The van der Waals surface area contributed by atoms with Crippen LogP contribution in [0.4, 0.5) is 5.69 Å². The monoisotopic (exact) mass is 373 g/mol. The molecule has 27 heavy (non-hydrogen) atoms. The molecule has 1 saturated heterocycles. The average Bonchev–Trinajstić information content (AvgIpc) is 2.51. The highest BCUT2D eigenvalue weighted by Crippen LogP contribution is 2.40. The number of carboxylic acid groups (broad SMARTS) is 1. The van der Waals surface area contributed by atoms with Gasteiger partial charge in [0.15, 0.2) is 6.10 Å². The first kappa shape index (κ1) is 21.2. The zero-order chi connectivity index (χ0) is 20.6. The third-order valence-corrected chi connectivity index (χ3v) is 5.08. The Morgan fingerprint density at radius 1 is 1.26 bits per heavy atom. The number of rotatable bonds is 4. The van der Waals surface area contributed by atoms with Crippen LogP contribution in [0.25, 0.3) is 0 Å². The average molecular weight is 373 g/mol. The van der Waals surface area contributed by atoms with Crippen molar-refractivity contribution < 1.29 is 14.6 Å². The summed E-state index contributed by atoms with van der Waals surface area (Å²) in [5.41, 5.74) is 2.44. The molecule has 0 bridgehead atoms. The Morgan fingerprint density at radius 3 is 2.26 bits per heavy atom. The van der Waals surface area contributed by atoms with Gasteiger partial charge in [0, 0.05) is 24.3 Å². The van der Waals surface area contributed by atoms with Crippen LogP contribution in [0, 0.1) is 30.6 Å². The van der Waals surface area contributed by atoms with Gasteiger partial charge in [0.05, 0.1) is 22.5 Å². The predicted molar refractivity (Wildman–Crippen MR) is 105 cm³/mol. The molecule has 0 radical (unpaired) electrons. The zero-order valence-electron chi connectivity index (χ0n) is 17.5. The van der Waals surface area contributed by atoms with Gasteiger partial charge in [0.25, 0.3) is 0 Å². The lowest BCUT2D eigenvalue weighted by molar-refractivity contribution is -0.160. The van der Waals surface area contributed by atoms with E-state index in [-0.39, 0.29) is 5.41 Å². The quantitative estimate of drug-likeness (QED) is 0.854. The number of hydrogen-bond acceptors (Lipinski definition) is 5. The molecule has 1 aromatic heterocycles. The molecule has 0 saturated carbocycles. The summed E-state index contributed by atoms with van der Waals surface area (Å²) in [6.07, 6.45) is 0.792. The van der Waals surface area contributed by atoms with Crippen LogP contribution in [0.1, 0.15) is 76.1 Å². The standard InChI is InChI=1S/C21H31N3O3/c1-13-15(12-22)17(24-10-8-21(6,7)9-11-24)16(14(2)23-13)18(19(25)26)27-20(3,4)5/h18H,8-11H2,1-7H3,(H,25,26)/t18-/m0/s1. The Morgan fingerprint density at radius 2 is 1.81 bits per heavy atom. The summed E-state index contributed by atoms with van der Waals surface area (Å²) in [6, 6.07) is 2.25. The van der Waals surface area contributed by atoms with Crippen LogP contribution in [0.2, 0.25) is 0 Å². The minimum Gasteiger partial charge on any atom is -0.479 e. The van der Waals surface area contributed by atoms with Crippen molar-refractivity contribution in [1.82, 2.24) is 4.98 Å². The van der Waals surface area contributed by atoms with Crippen molar-refractivity contribution in [3.63, 3.8) is 0 Å². The van der Waals surface area contributed by atoms with E-state index in [0.717, 1.165) is 25.9 Å². The van der Waals surface area contributed by atoms with Gasteiger partial charge >= 0.3 is 5.97 Å². The number of aromatic nitrogens is 1. The molecule has 1 aromatic rings. The predicted octanol–water partition coefficient (Wildman–Crippen LogP) is 4.14. The minimum absolute atomic E-state index is 0.245. The van der Waals surface area contributed by atoms with Gasteiger partial charge in [-0.2, -0.15) is 5.26 Å². The van der Waals surface area contributed by atoms with Crippen LogP contribution in [-0.2, 0) is 9.53 Å². The second-order valence-corrected chi connectivity index (χ2v) is 9.13. The highest BCUT2D eigenvalue weighted by Gasteiger charge is 2.36. The van der Waals surface area contributed by atoms with Gasteiger partial charge < -0.3 is 14.7 Å². The van der Waals surface area contributed by atoms with E-state index in [9.17, 15) is 15.2 Å². The van der Waals surface area contributed by atoms with Gasteiger partial charge in [-0.3, -0.25) is 4.98 Å². The molecule has 0 unspecified atom stereocenters. The highest BCUT2D eigenvalue weighted by atomic mass is 16.5. The molecule has 6 nitrogen and oxygen atoms in total. The summed E-state index contributed by atoms with van der Waals surface area (Å²) in [6.45, 7) is 15.1. The van der Waals surface area contributed by atoms with Crippen molar-refractivity contribution in [1.29, 1.82) is 5.26 Å². The Balaban J connectivity index is 2.66. The number of nitriles is 1. The van der Waals surface area contributed by atoms with Crippen molar-refractivity contribution in [2.45, 2.75) is 73.0 Å². The van der Waals surface area contributed by atoms with Crippen LogP contribution in [0.5, 0.6) is 0 Å². The Hall–Kier alpha value is -2.13. The largest absolute Gasteiger partial charge is 0.479 e. The van der Waals surface area contributed by atoms with E-state index in [1.54, 1.807) is 13.8 Å². The van der Waals surface area contributed by atoms with Crippen LogP contribution in [0.3, 0.4) is 0 Å². The Bertz CT molecular complexity index is 762. The molecule has 2 heterocycles. The van der Waals surface area contributed by atoms with E-state index in [0.29, 0.717) is 28.2 Å². The molecule has 0 aliphatic carbocycles. The van der Waals surface area contributed by atoms with Gasteiger partial charge in [-0.05, 0) is 52.9 Å². The molecule has 0 amide bonds. The fourth-order valence-electron chi connectivity index (χ4n) is 3.54. The lowest BCUT2D eigenvalue weighted by atomic mass is 9.82. The SMILES string of the molecule is Cc1nc(C)c([C@H](OC(C)(C)C)C(=O)O)c(N2CCC(C)(C)CC2)c1C#N. The second-order valence-electron chi connectivity index (χ2n) is 9.13. The van der Waals surface area contributed by atoms with Gasteiger partial charge in [-0.15, -0.1) is 0 Å². The first-order valence-corrected chi connectivity index (χ1v) is 9.43. The zero-order valence-corrected chi connectivity index (χ0v) is 17.5. The number of anilines is 1. The number of aryl methyl sites for hydroxylation is 2. The molecule has 6 heteroatoms. The first-order chi connectivity index (χ1) is 12.4. The maximum atomic E-state index is 12.1. The molecule has 2 rings (SSSR count). The number of carboxylic acids is 1. The summed E-state index contributed by atoms with van der Waals surface area (Å²) in [7, 11) is 0. The maximum Gasteiger partial charge on any atom is 0.337 e. The molecule has 1 aliphatic heterocycles. The van der Waals surface area contributed by atoms with Crippen molar-refractivity contribution in [3.8, 4) is 6.07 Å². The topological polar surface area (TPSA) is 86.5 Å². The van der Waals surface area contributed by atoms with Gasteiger partial charge in [0.2, 0.25) is 0 Å². The number of nitrogens with zero attached hydrogens (tertiary/aromatic N) is 3. The van der Waals surface area contributed by atoms with E-state index in [4.69, 9.17) is 4.74 Å². The fraction of sp³-hybridized carbons (Fsp3) is 0.667. The molecule has 148 valence electrons. The lowest BCUT2D eigenvalue weighted by Crippen LogP contribution is -2.39. The van der Waals surface area contributed by atoms with E-state index in [2.05, 4.69) is 29.8 Å². The molecule has 1 fully saturated rings. The van der Waals surface area contributed by atoms with Crippen molar-refractivity contribution in [2.24, 2.45) is 5.41 Å². The number of hydrogen-bond donors (Lipinski definition) is 1. The summed E-state index contributed by atoms with van der Waals surface area (Å²) in [5.74, 6) is -1.07. The van der Waals surface area contributed by atoms with Crippen molar-refractivity contribution in [2.75, 3.05) is 18.0 Å². The molecule has 0 aromatic carbocycles. The smallest absolute Gasteiger partial charge is 0.337 e. The highest BCUT2D eigenvalue weighted by molar-refractivity contribution is 5.80. The van der Waals surface area contributed by atoms with E-state index in [1.807, 2.05) is 20.8 Å². The number of ether oxygens (including phenoxy) is 1. The van der Waals surface area contributed by atoms with Crippen LogP contribution in [-0.4, -0.2) is 34.8 Å². The van der Waals surface area contributed by atoms with E-state index < -0.39 is 17.7 Å². The maximum absolute atomic E-state index is 12.1. The lowest BCUT2D eigenvalue weighted by Gasteiger charge is -2.40. The van der Waals surface area contributed by atoms with Crippen LogP contribution < -0.4 is 4.90 Å². The normalized spacial score (nSPS) is 18.1. The summed E-state index contributed by atoms with van der Waals surface area (Å²) in [4.78, 5) is 18.7. The third kappa shape index (κ3) is 4.78. The first-order valence-electron chi connectivity index (χ1n) is 9.43. The van der Waals surface area contributed by atoms with Crippen LogP contribution in [0.15, 0.2) is 0 Å². The molecule has 1 N–H and O–H groups in total. The van der Waals surface area contributed by atoms with Crippen molar-refractivity contribution >= 4 is 11.7 Å². The summed E-state index contributed by atoms with van der Waals surface area (Å²) < 4.78 is 5.90. The third-order valence-electron chi connectivity index (χ3n) is 5.08. The van der Waals surface area contributed by atoms with E-state index >= 15 is 0 Å². The molecule has 0 spiro atoms. The fourth-order valence-corrected chi connectivity index (χ4v) is 3.54. The van der Waals surface area contributed by atoms with E-state index in [1.165, 1.54) is 0 Å². The van der Waals surface area contributed by atoms with Gasteiger partial charge in [-0.25, -0.2) is 4.79 Å². The number of piperidine rings is 1. The van der Waals surface area contributed by atoms with Gasteiger partial charge in [-0.1, -0.05) is 13.8 Å². The summed E-state index contributed by atoms with van der Waals surface area (Å²) >= 11 is 0.